The van der Waals surface area contributed by atoms with E-state index < -0.39 is 34.1 Å². The number of benzene rings is 4. The molecule has 0 heterocycles. The summed E-state index contributed by atoms with van der Waals surface area (Å²) in [5, 5.41) is 5.12. The van der Waals surface area contributed by atoms with Gasteiger partial charge in [0.25, 0.3) is 10.0 Å². The number of hydrogen-bond donors (Lipinski definition) is 1. The standard InChI is InChI=1S/C28H26F2N2O3S/c1-20(17-22-7-4-6-21-5-2-3-8-27(21)22)18-31-28(33)19-32(25-13-9-23(29)10-14-25)36(34,35)26-15-11-24(30)12-16-26/h2-16,20H,17-19H2,1H3,(H,31,33). The minimum atomic E-state index is -4.21. The molecule has 4 aromatic carbocycles. The first-order chi connectivity index (χ1) is 17.2. The van der Waals surface area contributed by atoms with Crippen LogP contribution in [0.4, 0.5) is 14.5 Å². The lowest BCUT2D eigenvalue weighted by Crippen LogP contribution is -2.42. The Kier molecular flexibility index (Phi) is 7.64. The molecule has 1 unspecified atom stereocenters. The van der Waals surface area contributed by atoms with Crippen molar-refractivity contribution in [1.82, 2.24) is 5.32 Å². The highest BCUT2D eigenvalue weighted by Crippen LogP contribution is 2.24. The van der Waals surface area contributed by atoms with Gasteiger partial charge in [-0.15, -0.1) is 0 Å². The average Bonchev–Trinajstić information content (AvgIpc) is 2.87. The van der Waals surface area contributed by atoms with Gasteiger partial charge in [0.1, 0.15) is 18.2 Å². The largest absolute Gasteiger partial charge is 0.354 e. The van der Waals surface area contributed by atoms with Crippen molar-refractivity contribution < 1.29 is 22.0 Å². The van der Waals surface area contributed by atoms with Crippen LogP contribution in [0.3, 0.4) is 0 Å². The molecule has 0 aliphatic carbocycles. The Morgan fingerprint density at radius 1 is 0.861 bits per heavy atom. The van der Waals surface area contributed by atoms with Crippen molar-refractivity contribution in [2.75, 3.05) is 17.4 Å². The van der Waals surface area contributed by atoms with Crippen LogP contribution in [0.1, 0.15) is 12.5 Å². The van der Waals surface area contributed by atoms with Gasteiger partial charge >= 0.3 is 0 Å². The van der Waals surface area contributed by atoms with Gasteiger partial charge < -0.3 is 5.32 Å². The molecular formula is C28H26F2N2O3S. The Morgan fingerprint density at radius 3 is 2.17 bits per heavy atom. The summed E-state index contributed by atoms with van der Waals surface area (Å²) in [5.41, 5.74) is 1.29. The number of amides is 1. The van der Waals surface area contributed by atoms with Crippen molar-refractivity contribution in [2.24, 2.45) is 5.92 Å². The SMILES string of the molecule is CC(CNC(=O)CN(c1ccc(F)cc1)S(=O)(=O)c1ccc(F)cc1)Cc1cccc2ccccc12. The maximum atomic E-state index is 13.5. The molecule has 36 heavy (non-hydrogen) atoms. The normalized spacial score (nSPS) is 12.3. The fraction of sp³-hybridized carbons (Fsp3) is 0.179. The second kappa shape index (κ2) is 10.9. The predicted octanol–water partition coefficient (Wildman–Crippen LogP) is 5.31. The van der Waals surface area contributed by atoms with Gasteiger partial charge in [0.05, 0.1) is 10.6 Å². The van der Waals surface area contributed by atoms with Gasteiger partial charge in [-0.2, -0.15) is 0 Å². The molecule has 0 aromatic heterocycles. The molecule has 1 amide bonds. The van der Waals surface area contributed by atoms with Crippen molar-refractivity contribution in [3.8, 4) is 0 Å². The zero-order valence-corrected chi connectivity index (χ0v) is 20.5. The molecule has 0 saturated carbocycles. The van der Waals surface area contributed by atoms with Crippen LogP contribution in [0.2, 0.25) is 0 Å². The summed E-state index contributed by atoms with van der Waals surface area (Å²) in [6.07, 6.45) is 0.733. The van der Waals surface area contributed by atoms with E-state index in [1.54, 1.807) is 0 Å². The molecular weight excluding hydrogens is 482 g/mol. The van der Waals surface area contributed by atoms with E-state index in [4.69, 9.17) is 0 Å². The summed E-state index contributed by atoms with van der Waals surface area (Å²) >= 11 is 0. The van der Waals surface area contributed by atoms with Crippen LogP contribution in [0.15, 0.2) is 95.9 Å². The van der Waals surface area contributed by atoms with Crippen LogP contribution in [-0.4, -0.2) is 27.4 Å². The van der Waals surface area contributed by atoms with Crippen LogP contribution in [0, 0.1) is 17.6 Å². The van der Waals surface area contributed by atoms with E-state index >= 15 is 0 Å². The Morgan fingerprint density at radius 2 is 1.47 bits per heavy atom. The summed E-state index contributed by atoms with van der Waals surface area (Å²) in [4.78, 5) is 12.7. The van der Waals surface area contributed by atoms with Gasteiger partial charge in [-0.25, -0.2) is 17.2 Å². The van der Waals surface area contributed by atoms with Crippen LogP contribution in [0.5, 0.6) is 0 Å². The van der Waals surface area contributed by atoms with Crippen LogP contribution in [-0.2, 0) is 21.2 Å². The molecule has 0 aliphatic rings. The topological polar surface area (TPSA) is 66.5 Å². The molecule has 1 N–H and O–H groups in total. The lowest BCUT2D eigenvalue weighted by atomic mass is 9.96. The number of hydrogen-bond acceptors (Lipinski definition) is 3. The summed E-state index contributed by atoms with van der Waals surface area (Å²) in [5.74, 6) is -1.53. The molecule has 5 nitrogen and oxygen atoms in total. The van der Waals surface area contributed by atoms with Gasteiger partial charge in [0.2, 0.25) is 5.91 Å². The Hall–Kier alpha value is -3.78. The first-order valence-electron chi connectivity index (χ1n) is 11.5. The molecule has 8 heteroatoms. The fourth-order valence-corrected chi connectivity index (χ4v) is 5.47. The van der Waals surface area contributed by atoms with Crippen molar-refractivity contribution in [1.29, 1.82) is 0 Å². The quantitative estimate of drug-likeness (QED) is 0.333. The Balaban J connectivity index is 1.47. The number of nitrogens with one attached hydrogen (secondary N) is 1. The van der Waals surface area contributed by atoms with E-state index in [2.05, 4.69) is 29.6 Å². The van der Waals surface area contributed by atoms with Gasteiger partial charge in [0, 0.05) is 6.54 Å². The average molecular weight is 509 g/mol. The Bertz CT molecular complexity index is 1450. The summed E-state index contributed by atoms with van der Waals surface area (Å²) in [6, 6.07) is 23.3. The monoisotopic (exact) mass is 508 g/mol. The van der Waals surface area contributed by atoms with Crippen LogP contribution in [0.25, 0.3) is 10.8 Å². The molecule has 4 rings (SSSR count). The van der Waals surface area contributed by atoms with E-state index in [1.165, 1.54) is 17.7 Å². The molecule has 0 saturated heterocycles. The third-order valence-corrected chi connectivity index (χ3v) is 7.69. The van der Waals surface area contributed by atoms with E-state index in [-0.39, 0.29) is 16.5 Å². The lowest BCUT2D eigenvalue weighted by Gasteiger charge is -2.24. The number of halogens is 2. The molecule has 186 valence electrons. The second-order valence-electron chi connectivity index (χ2n) is 8.69. The summed E-state index contributed by atoms with van der Waals surface area (Å²) in [6.45, 7) is 1.84. The van der Waals surface area contributed by atoms with E-state index in [0.29, 0.717) is 6.54 Å². The van der Waals surface area contributed by atoms with E-state index in [1.807, 2.05) is 25.1 Å². The lowest BCUT2D eigenvalue weighted by molar-refractivity contribution is -0.119. The highest BCUT2D eigenvalue weighted by atomic mass is 32.2. The molecule has 4 aromatic rings. The maximum Gasteiger partial charge on any atom is 0.264 e. The highest BCUT2D eigenvalue weighted by Gasteiger charge is 2.27. The summed E-state index contributed by atoms with van der Waals surface area (Å²) in [7, 11) is -4.21. The smallest absolute Gasteiger partial charge is 0.264 e. The minimum Gasteiger partial charge on any atom is -0.354 e. The van der Waals surface area contributed by atoms with Crippen LogP contribution >= 0.6 is 0 Å². The molecule has 0 spiro atoms. The molecule has 0 fully saturated rings. The van der Waals surface area contributed by atoms with Crippen molar-refractivity contribution in [3.63, 3.8) is 0 Å². The first-order valence-corrected chi connectivity index (χ1v) is 13.0. The van der Waals surface area contributed by atoms with Gasteiger partial charge in [-0.1, -0.05) is 49.4 Å². The number of nitrogens with zero attached hydrogens (tertiary/aromatic N) is 1. The summed E-state index contributed by atoms with van der Waals surface area (Å²) < 4.78 is 54.3. The Labute approximate surface area is 209 Å². The number of sulfonamides is 1. The first kappa shape index (κ1) is 25.3. The zero-order valence-electron chi connectivity index (χ0n) is 19.7. The third-order valence-electron chi connectivity index (χ3n) is 5.90. The van der Waals surface area contributed by atoms with Crippen molar-refractivity contribution in [3.05, 3.63) is 108 Å². The predicted molar refractivity (Wildman–Crippen MR) is 137 cm³/mol. The minimum absolute atomic E-state index is 0.0905. The molecule has 1 atom stereocenters. The van der Waals surface area contributed by atoms with Crippen LogP contribution < -0.4 is 9.62 Å². The van der Waals surface area contributed by atoms with Gasteiger partial charge in [-0.3, -0.25) is 9.10 Å². The number of carbonyl (C=O) groups is 1. The van der Waals surface area contributed by atoms with Gasteiger partial charge in [-0.05, 0) is 77.2 Å². The number of carbonyl (C=O) groups excluding carboxylic acids is 1. The van der Waals surface area contributed by atoms with Crippen molar-refractivity contribution >= 4 is 32.4 Å². The number of fused-ring (bicyclic) bond motifs is 1. The van der Waals surface area contributed by atoms with E-state index in [9.17, 15) is 22.0 Å². The zero-order chi connectivity index (χ0) is 25.7. The van der Waals surface area contributed by atoms with E-state index in [0.717, 1.165) is 57.9 Å². The second-order valence-corrected chi connectivity index (χ2v) is 10.6. The third kappa shape index (κ3) is 5.88. The van der Waals surface area contributed by atoms with Crippen molar-refractivity contribution in [2.45, 2.75) is 18.2 Å². The molecule has 0 aliphatic heterocycles. The fourth-order valence-electron chi connectivity index (χ4n) is 4.05. The maximum absolute atomic E-state index is 13.5. The highest BCUT2D eigenvalue weighted by molar-refractivity contribution is 7.92. The molecule has 0 radical (unpaired) electrons. The number of anilines is 1. The molecule has 0 bridgehead atoms. The van der Waals surface area contributed by atoms with Gasteiger partial charge in [0.15, 0.2) is 0 Å². The number of rotatable bonds is 9.